The second-order valence-electron chi connectivity index (χ2n) is 5.38. The van der Waals surface area contributed by atoms with E-state index in [0.29, 0.717) is 18.9 Å². The van der Waals surface area contributed by atoms with E-state index in [-0.39, 0.29) is 17.8 Å². The average molecular weight is 300 g/mol. The van der Waals surface area contributed by atoms with Crippen LogP contribution in [0.15, 0.2) is 23.1 Å². The van der Waals surface area contributed by atoms with Gasteiger partial charge in [0.1, 0.15) is 10.7 Å². The molecule has 1 aromatic carbocycles. The van der Waals surface area contributed by atoms with E-state index >= 15 is 0 Å². The van der Waals surface area contributed by atoms with Crippen LogP contribution >= 0.6 is 0 Å². The van der Waals surface area contributed by atoms with Crippen molar-refractivity contribution in [1.82, 2.24) is 4.72 Å². The van der Waals surface area contributed by atoms with Crippen LogP contribution in [0.3, 0.4) is 0 Å². The summed E-state index contributed by atoms with van der Waals surface area (Å²) in [5, 5.41) is 0. The van der Waals surface area contributed by atoms with Crippen LogP contribution in [0.2, 0.25) is 0 Å². The van der Waals surface area contributed by atoms with Gasteiger partial charge in [0.15, 0.2) is 0 Å². The van der Waals surface area contributed by atoms with E-state index < -0.39 is 20.7 Å². The van der Waals surface area contributed by atoms with Crippen molar-refractivity contribution in [3.63, 3.8) is 0 Å². The molecule has 0 amide bonds. The molecular formula is C13H17FN2O3S. The Kier molecular flexibility index (Phi) is 3.43. The Morgan fingerprint density at radius 2 is 2.05 bits per heavy atom. The van der Waals surface area contributed by atoms with Gasteiger partial charge in [0.25, 0.3) is 0 Å². The number of ether oxygens (including phenoxy) is 1. The molecule has 1 aromatic rings. The molecule has 3 rings (SSSR count). The van der Waals surface area contributed by atoms with Gasteiger partial charge in [-0.2, -0.15) is 0 Å². The van der Waals surface area contributed by atoms with Crippen molar-refractivity contribution < 1.29 is 17.5 Å². The number of hydrogen-bond donors (Lipinski definition) is 2. The lowest BCUT2D eigenvalue weighted by molar-refractivity contribution is 0.0848. The molecule has 0 spiro atoms. The van der Waals surface area contributed by atoms with E-state index in [0.717, 1.165) is 25.0 Å². The highest BCUT2D eigenvalue weighted by Gasteiger charge is 2.42. The maximum absolute atomic E-state index is 13.7. The Bertz CT molecular complexity index is 616. The Morgan fingerprint density at radius 1 is 1.30 bits per heavy atom. The van der Waals surface area contributed by atoms with Gasteiger partial charge >= 0.3 is 0 Å². The number of nitrogens with one attached hydrogen (secondary N) is 1. The number of benzene rings is 1. The second-order valence-corrected chi connectivity index (χ2v) is 7.06. The van der Waals surface area contributed by atoms with Crippen molar-refractivity contribution in [2.24, 2.45) is 5.92 Å². The highest BCUT2D eigenvalue weighted by Crippen LogP contribution is 2.39. The molecule has 0 bridgehead atoms. The van der Waals surface area contributed by atoms with E-state index in [1.54, 1.807) is 0 Å². The molecule has 2 atom stereocenters. The summed E-state index contributed by atoms with van der Waals surface area (Å²) in [6.07, 6.45) is 2.66. The molecule has 2 unspecified atom stereocenters. The van der Waals surface area contributed by atoms with Gasteiger partial charge in [0.2, 0.25) is 10.0 Å². The Labute approximate surface area is 117 Å². The molecule has 1 aliphatic heterocycles. The van der Waals surface area contributed by atoms with Crippen molar-refractivity contribution in [2.75, 3.05) is 12.3 Å². The van der Waals surface area contributed by atoms with Crippen LogP contribution in [0.5, 0.6) is 0 Å². The number of hydrogen-bond acceptors (Lipinski definition) is 4. The van der Waals surface area contributed by atoms with Crippen LogP contribution in [0, 0.1) is 11.7 Å². The van der Waals surface area contributed by atoms with Crippen LogP contribution in [-0.4, -0.2) is 27.2 Å². The third-order valence-corrected chi connectivity index (χ3v) is 5.28. The molecule has 1 heterocycles. The number of nitrogen functional groups attached to an aromatic ring is 1. The zero-order valence-corrected chi connectivity index (χ0v) is 11.7. The summed E-state index contributed by atoms with van der Waals surface area (Å²) in [4.78, 5) is -0.404. The predicted molar refractivity (Wildman–Crippen MR) is 72.0 cm³/mol. The van der Waals surface area contributed by atoms with Gasteiger partial charge in [-0.25, -0.2) is 17.5 Å². The summed E-state index contributed by atoms with van der Waals surface area (Å²) in [7, 11) is -3.92. The molecule has 0 radical (unpaired) electrons. The van der Waals surface area contributed by atoms with Crippen molar-refractivity contribution in [2.45, 2.75) is 36.3 Å². The van der Waals surface area contributed by atoms with Gasteiger partial charge < -0.3 is 10.5 Å². The molecule has 1 saturated heterocycles. The molecule has 2 aliphatic rings. The lowest BCUT2D eigenvalue weighted by atomic mass is 10.1. The van der Waals surface area contributed by atoms with Gasteiger partial charge in [-0.3, -0.25) is 0 Å². The molecule has 1 aliphatic carbocycles. The molecule has 0 aromatic heterocycles. The maximum atomic E-state index is 13.7. The van der Waals surface area contributed by atoms with E-state index in [9.17, 15) is 12.8 Å². The first kappa shape index (κ1) is 13.8. The van der Waals surface area contributed by atoms with Crippen LogP contribution < -0.4 is 10.5 Å². The van der Waals surface area contributed by atoms with Gasteiger partial charge in [-0.15, -0.1) is 0 Å². The fourth-order valence-corrected chi connectivity index (χ4v) is 4.01. The fourth-order valence-electron chi connectivity index (χ4n) is 2.62. The Morgan fingerprint density at radius 3 is 2.75 bits per heavy atom. The van der Waals surface area contributed by atoms with Gasteiger partial charge in [0, 0.05) is 12.3 Å². The Balaban J connectivity index is 1.83. The molecule has 1 saturated carbocycles. The van der Waals surface area contributed by atoms with E-state index in [1.807, 2.05) is 0 Å². The molecule has 20 heavy (non-hydrogen) atoms. The quantitative estimate of drug-likeness (QED) is 0.820. The normalized spacial score (nSPS) is 26.9. The molecule has 3 N–H and O–H groups in total. The van der Waals surface area contributed by atoms with E-state index in [1.165, 1.54) is 6.07 Å². The molecule has 110 valence electrons. The number of halogens is 1. The van der Waals surface area contributed by atoms with E-state index in [4.69, 9.17) is 10.5 Å². The number of nitrogens with two attached hydrogens (primary N) is 1. The number of anilines is 1. The van der Waals surface area contributed by atoms with E-state index in [2.05, 4.69) is 4.72 Å². The van der Waals surface area contributed by atoms with Crippen LogP contribution in [0.1, 0.15) is 19.3 Å². The smallest absolute Gasteiger partial charge is 0.243 e. The standard InChI is InChI=1S/C13H17FN2O3S/c14-10-4-3-9(15)7-12(10)20(17,18)16-11-5-6-19-13(11)8-1-2-8/h3-4,7-8,11,13,16H,1-2,5-6,15H2. The summed E-state index contributed by atoms with van der Waals surface area (Å²) in [6, 6.07) is 3.25. The first-order chi connectivity index (χ1) is 9.47. The molecule has 5 nitrogen and oxygen atoms in total. The topological polar surface area (TPSA) is 81.4 Å². The minimum atomic E-state index is -3.92. The average Bonchev–Trinajstić information content (AvgIpc) is 3.13. The summed E-state index contributed by atoms with van der Waals surface area (Å²) in [6.45, 7) is 0.535. The SMILES string of the molecule is Nc1ccc(F)c(S(=O)(=O)NC2CCOC2C2CC2)c1. The zero-order chi connectivity index (χ0) is 14.3. The molecular weight excluding hydrogens is 283 g/mol. The van der Waals surface area contributed by atoms with Crippen molar-refractivity contribution >= 4 is 15.7 Å². The highest BCUT2D eigenvalue weighted by atomic mass is 32.2. The summed E-state index contributed by atoms with van der Waals surface area (Å²) in [5.41, 5.74) is 5.75. The Hall–Kier alpha value is -1.18. The minimum Gasteiger partial charge on any atom is -0.399 e. The maximum Gasteiger partial charge on any atom is 0.243 e. The molecule has 2 fully saturated rings. The number of rotatable bonds is 4. The van der Waals surface area contributed by atoms with Crippen molar-refractivity contribution in [3.05, 3.63) is 24.0 Å². The molecule has 7 heteroatoms. The van der Waals surface area contributed by atoms with Gasteiger partial charge in [-0.1, -0.05) is 0 Å². The lowest BCUT2D eigenvalue weighted by Gasteiger charge is -2.19. The third-order valence-electron chi connectivity index (χ3n) is 3.77. The predicted octanol–water partition coefficient (Wildman–Crippen LogP) is 1.25. The summed E-state index contributed by atoms with van der Waals surface area (Å²) < 4.78 is 46.4. The van der Waals surface area contributed by atoms with Crippen molar-refractivity contribution in [3.8, 4) is 0 Å². The monoisotopic (exact) mass is 300 g/mol. The largest absolute Gasteiger partial charge is 0.399 e. The third kappa shape index (κ3) is 2.65. The zero-order valence-electron chi connectivity index (χ0n) is 10.9. The lowest BCUT2D eigenvalue weighted by Crippen LogP contribution is -2.41. The van der Waals surface area contributed by atoms with Gasteiger partial charge in [-0.05, 0) is 43.4 Å². The second kappa shape index (κ2) is 4.98. The summed E-state index contributed by atoms with van der Waals surface area (Å²) >= 11 is 0. The number of sulfonamides is 1. The van der Waals surface area contributed by atoms with Gasteiger partial charge in [0.05, 0.1) is 12.1 Å². The first-order valence-corrected chi connectivity index (χ1v) is 8.14. The van der Waals surface area contributed by atoms with Crippen molar-refractivity contribution in [1.29, 1.82) is 0 Å². The highest BCUT2D eigenvalue weighted by molar-refractivity contribution is 7.89. The summed E-state index contributed by atoms with van der Waals surface area (Å²) in [5.74, 6) is -0.371. The van der Waals surface area contributed by atoms with Crippen LogP contribution in [-0.2, 0) is 14.8 Å². The van der Waals surface area contributed by atoms with Crippen LogP contribution in [0.25, 0.3) is 0 Å². The fraction of sp³-hybridized carbons (Fsp3) is 0.538. The van der Waals surface area contributed by atoms with Crippen LogP contribution in [0.4, 0.5) is 10.1 Å². The first-order valence-electron chi connectivity index (χ1n) is 6.66. The minimum absolute atomic E-state index is 0.0890.